The number of nitrogens with zero attached hydrogens (tertiary/aromatic N) is 3. The third-order valence-electron chi connectivity index (χ3n) is 4.53. The van der Waals surface area contributed by atoms with Crippen LogP contribution < -0.4 is 10.6 Å². The van der Waals surface area contributed by atoms with Crippen molar-refractivity contribution in [3.8, 4) is 0 Å². The highest BCUT2D eigenvalue weighted by molar-refractivity contribution is 7.15. The predicted molar refractivity (Wildman–Crippen MR) is 106 cm³/mol. The molecule has 1 aliphatic heterocycles. The molecule has 0 radical (unpaired) electrons. The maximum atomic E-state index is 13.0. The minimum Gasteiger partial charge on any atom is -0.356 e. The van der Waals surface area contributed by atoms with Gasteiger partial charge in [-0.1, -0.05) is 18.3 Å². The van der Waals surface area contributed by atoms with E-state index >= 15 is 0 Å². The Balaban J connectivity index is 1.61. The minimum absolute atomic E-state index is 0.0342. The van der Waals surface area contributed by atoms with Gasteiger partial charge in [0.25, 0.3) is 11.8 Å². The van der Waals surface area contributed by atoms with Crippen LogP contribution in [-0.4, -0.2) is 52.5 Å². The first kappa shape index (κ1) is 20.8. The topological polar surface area (TPSA) is 104 Å². The lowest BCUT2D eigenvalue weighted by atomic mass is 9.97. The molecule has 1 aromatic carbocycles. The number of hydrogen-bond donors (Lipinski definition) is 2. The van der Waals surface area contributed by atoms with Crippen LogP contribution in [0.4, 0.5) is 10.1 Å². The first-order chi connectivity index (χ1) is 14.0. The molecule has 3 amide bonds. The minimum atomic E-state index is -0.524. The van der Waals surface area contributed by atoms with Crippen LogP contribution in [0.5, 0.6) is 0 Å². The predicted octanol–water partition coefficient (Wildman–Crippen LogP) is 2.31. The van der Waals surface area contributed by atoms with E-state index in [0.29, 0.717) is 25.3 Å². The summed E-state index contributed by atoms with van der Waals surface area (Å²) in [6, 6.07) is 5.32. The van der Waals surface area contributed by atoms with E-state index in [-0.39, 0.29) is 27.7 Å². The van der Waals surface area contributed by atoms with E-state index in [1.165, 1.54) is 24.3 Å². The molecule has 2 heterocycles. The lowest BCUT2D eigenvalue weighted by Crippen LogP contribution is -2.45. The van der Waals surface area contributed by atoms with Crippen molar-refractivity contribution < 1.29 is 18.8 Å². The van der Waals surface area contributed by atoms with E-state index in [4.69, 9.17) is 0 Å². The molecule has 1 fully saturated rings. The van der Waals surface area contributed by atoms with Gasteiger partial charge in [-0.3, -0.25) is 14.4 Å². The van der Waals surface area contributed by atoms with Crippen molar-refractivity contribution in [2.45, 2.75) is 26.2 Å². The van der Waals surface area contributed by atoms with Crippen molar-refractivity contribution in [2.75, 3.05) is 25.0 Å². The average molecular weight is 419 g/mol. The second kappa shape index (κ2) is 9.55. The maximum Gasteiger partial charge on any atom is 0.286 e. The number of halogens is 1. The standard InChI is InChI=1S/C19H22FN5O3S/c1-2-9-21-15(26)12-4-3-10-25(11-12)19(28)18-24-23-17(29-18)16(27)22-14-7-5-13(20)6-8-14/h5-8,12H,2-4,9-11H2,1H3,(H,21,26)(H,22,27)/t12-/m0/s1. The van der Waals surface area contributed by atoms with Crippen LogP contribution in [0, 0.1) is 11.7 Å². The van der Waals surface area contributed by atoms with E-state index in [0.717, 1.165) is 30.6 Å². The van der Waals surface area contributed by atoms with Gasteiger partial charge in [0.05, 0.1) is 5.92 Å². The Kier molecular flexibility index (Phi) is 6.86. The maximum absolute atomic E-state index is 13.0. The monoisotopic (exact) mass is 419 g/mol. The lowest BCUT2D eigenvalue weighted by Gasteiger charge is -2.31. The zero-order chi connectivity index (χ0) is 20.8. The Morgan fingerprint density at radius 2 is 1.93 bits per heavy atom. The van der Waals surface area contributed by atoms with Crippen LogP contribution >= 0.6 is 11.3 Å². The molecule has 1 aliphatic rings. The molecule has 0 bridgehead atoms. The van der Waals surface area contributed by atoms with Crippen LogP contribution in [0.25, 0.3) is 0 Å². The molecule has 2 aromatic rings. The highest BCUT2D eigenvalue weighted by atomic mass is 32.1. The summed E-state index contributed by atoms with van der Waals surface area (Å²) in [5.41, 5.74) is 0.413. The van der Waals surface area contributed by atoms with Gasteiger partial charge in [0.2, 0.25) is 15.9 Å². The van der Waals surface area contributed by atoms with Gasteiger partial charge in [-0.2, -0.15) is 0 Å². The van der Waals surface area contributed by atoms with Gasteiger partial charge in [0, 0.05) is 25.3 Å². The smallest absolute Gasteiger partial charge is 0.286 e. The first-order valence-electron chi connectivity index (χ1n) is 9.45. The van der Waals surface area contributed by atoms with Crippen molar-refractivity contribution in [1.82, 2.24) is 20.4 Å². The lowest BCUT2D eigenvalue weighted by molar-refractivity contribution is -0.126. The normalized spacial score (nSPS) is 16.3. The number of likely N-dealkylation sites (tertiary alicyclic amines) is 1. The SMILES string of the molecule is CCCNC(=O)[C@H]1CCCN(C(=O)c2nnc(C(=O)Nc3ccc(F)cc3)s2)C1. The number of nitrogens with one attached hydrogen (secondary N) is 2. The Bertz CT molecular complexity index is 886. The van der Waals surface area contributed by atoms with E-state index < -0.39 is 11.7 Å². The van der Waals surface area contributed by atoms with Gasteiger partial charge in [-0.25, -0.2) is 4.39 Å². The first-order valence-corrected chi connectivity index (χ1v) is 10.3. The summed E-state index contributed by atoms with van der Waals surface area (Å²) in [6.45, 7) is 3.46. The second-order valence-corrected chi connectivity index (χ2v) is 7.73. The molecule has 1 aromatic heterocycles. The molecule has 10 heteroatoms. The molecule has 0 spiro atoms. The summed E-state index contributed by atoms with van der Waals surface area (Å²) in [5, 5.41) is 13.2. The van der Waals surface area contributed by atoms with Gasteiger partial charge in [0.15, 0.2) is 0 Å². The van der Waals surface area contributed by atoms with Crippen LogP contribution in [0.2, 0.25) is 0 Å². The largest absolute Gasteiger partial charge is 0.356 e. The molecule has 0 unspecified atom stereocenters. The van der Waals surface area contributed by atoms with Crippen molar-refractivity contribution in [3.05, 3.63) is 40.1 Å². The Hall–Kier alpha value is -2.88. The number of rotatable bonds is 6. The molecule has 154 valence electrons. The number of benzene rings is 1. The van der Waals surface area contributed by atoms with Crippen LogP contribution in [0.1, 0.15) is 45.8 Å². The number of piperidine rings is 1. The van der Waals surface area contributed by atoms with Gasteiger partial charge < -0.3 is 15.5 Å². The number of aromatic nitrogens is 2. The van der Waals surface area contributed by atoms with Crippen molar-refractivity contribution in [2.24, 2.45) is 5.92 Å². The molecular formula is C19H22FN5O3S. The van der Waals surface area contributed by atoms with E-state index in [2.05, 4.69) is 20.8 Å². The molecule has 2 N–H and O–H groups in total. The Morgan fingerprint density at radius 3 is 2.66 bits per heavy atom. The summed E-state index contributed by atoms with van der Waals surface area (Å²) < 4.78 is 13.0. The summed E-state index contributed by atoms with van der Waals surface area (Å²) in [6.07, 6.45) is 2.32. The summed E-state index contributed by atoms with van der Waals surface area (Å²) in [7, 11) is 0. The second-order valence-electron chi connectivity index (χ2n) is 6.75. The summed E-state index contributed by atoms with van der Waals surface area (Å²) in [5.74, 6) is -1.55. The molecular weight excluding hydrogens is 397 g/mol. The Labute approximate surface area is 171 Å². The van der Waals surface area contributed by atoms with Crippen LogP contribution in [0.3, 0.4) is 0 Å². The van der Waals surface area contributed by atoms with E-state index in [1.807, 2.05) is 6.92 Å². The third-order valence-corrected chi connectivity index (χ3v) is 5.44. The molecule has 0 saturated carbocycles. The zero-order valence-electron chi connectivity index (χ0n) is 16.0. The summed E-state index contributed by atoms with van der Waals surface area (Å²) >= 11 is 0.889. The van der Waals surface area contributed by atoms with Gasteiger partial charge in [0.1, 0.15) is 5.82 Å². The fourth-order valence-electron chi connectivity index (χ4n) is 3.02. The van der Waals surface area contributed by atoms with Crippen molar-refractivity contribution >= 4 is 34.7 Å². The third kappa shape index (κ3) is 5.35. The molecule has 1 saturated heterocycles. The van der Waals surface area contributed by atoms with Gasteiger partial charge >= 0.3 is 0 Å². The number of carbonyl (C=O) groups is 3. The highest BCUT2D eigenvalue weighted by Crippen LogP contribution is 2.21. The van der Waals surface area contributed by atoms with Gasteiger partial charge in [-0.05, 0) is 43.5 Å². The van der Waals surface area contributed by atoms with Crippen molar-refractivity contribution in [1.29, 1.82) is 0 Å². The van der Waals surface area contributed by atoms with E-state index in [9.17, 15) is 18.8 Å². The summed E-state index contributed by atoms with van der Waals surface area (Å²) in [4.78, 5) is 38.8. The number of anilines is 1. The molecule has 8 nitrogen and oxygen atoms in total. The molecule has 0 aliphatic carbocycles. The van der Waals surface area contributed by atoms with Gasteiger partial charge in [-0.15, -0.1) is 10.2 Å². The number of amides is 3. The molecule has 29 heavy (non-hydrogen) atoms. The molecule has 3 rings (SSSR count). The Morgan fingerprint density at radius 1 is 1.21 bits per heavy atom. The highest BCUT2D eigenvalue weighted by Gasteiger charge is 2.30. The van der Waals surface area contributed by atoms with E-state index in [1.54, 1.807) is 4.90 Å². The van der Waals surface area contributed by atoms with Crippen LogP contribution in [-0.2, 0) is 4.79 Å². The quantitative estimate of drug-likeness (QED) is 0.748. The number of carbonyl (C=O) groups excluding carboxylic acids is 3. The molecule has 1 atom stereocenters. The van der Waals surface area contributed by atoms with Crippen molar-refractivity contribution in [3.63, 3.8) is 0 Å². The average Bonchev–Trinajstić information content (AvgIpc) is 3.23. The zero-order valence-corrected chi connectivity index (χ0v) is 16.8. The number of hydrogen-bond acceptors (Lipinski definition) is 6. The fourth-order valence-corrected chi connectivity index (χ4v) is 3.73. The fraction of sp³-hybridized carbons (Fsp3) is 0.421. The van der Waals surface area contributed by atoms with Crippen LogP contribution in [0.15, 0.2) is 24.3 Å².